The summed E-state index contributed by atoms with van der Waals surface area (Å²) in [4.78, 5) is 3.22. The molecule has 0 spiro atoms. The predicted octanol–water partition coefficient (Wildman–Crippen LogP) is 0.628. The molecular weight excluding hydrogens is 170 g/mol. The van der Waals surface area contributed by atoms with Crippen LogP contribution in [-0.2, 0) is 6.61 Å². The minimum absolute atomic E-state index is 0.0340. The molecule has 0 atom stereocenters. The maximum atomic E-state index is 12.0. The van der Waals surface area contributed by atoms with Crippen LogP contribution in [-0.4, -0.2) is 17.1 Å². The summed E-state index contributed by atoms with van der Waals surface area (Å²) in [6.07, 6.45) is 0. The van der Waals surface area contributed by atoms with Crippen molar-refractivity contribution < 1.29 is 18.1 Å². The van der Waals surface area contributed by atoms with Crippen LogP contribution in [0.2, 0.25) is 0 Å². The molecular formula is C6H6BF3NO-. The zero-order chi connectivity index (χ0) is 9.19. The number of halogens is 3. The second-order valence-corrected chi connectivity index (χ2v) is 2.29. The molecule has 0 saturated heterocycles. The number of hydrogen-bond acceptors (Lipinski definition) is 2. The Morgan fingerprint density at radius 3 is 2.50 bits per heavy atom. The fourth-order valence-corrected chi connectivity index (χ4v) is 0.768. The maximum Gasteiger partial charge on any atom is 0.527 e. The Bertz CT molecular complexity index is 276. The van der Waals surface area contributed by atoms with Crippen molar-refractivity contribution in [3.63, 3.8) is 0 Å². The first kappa shape index (κ1) is 9.06. The summed E-state index contributed by atoms with van der Waals surface area (Å²) in [7, 11) is 0. The zero-order valence-electron chi connectivity index (χ0n) is 6.04. The highest BCUT2D eigenvalue weighted by Gasteiger charge is 2.27. The van der Waals surface area contributed by atoms with E-state index in [0.29, 0.717) is 0 Å². The Hall–Kier alpha value is -1.04. The van der Waals surface area contributed by atoms with E-state index in [1.165, 1.54) is 12.1 Å². The highest BCUT2D eigenvalue weighted by molar-refractivity contribution is 6.72. The van der Waals surface area contributed by atoms with E-state index in [1.54, 1.807) is 0 Å². The van der Waals surface area contributed by atoms with Crippen LogP contribution in [0.1, 0.15) is 5.69 Å². The van der Waals surface area contributed by atoms with Gasteiger partial charge in [-0.05, 0) is 11.7 Å². The van der Waals surface area contributed by atoms with Gasteiger partial charge < -0.3 is 18.1 Å². The maximum absolute atomic E-state index is 12.0. The quantitative estimate of drug-likeness (QED) is 0.670. The molecule has 6 heteroatoms. The largest absolute Gasteiger partial charge is 0.527 e. The summed E-state index contributed by atoms with van der Waals surface area (Å²) < 4.78 is 36.1. The molecule has 0 aliphatic rings. The number of nitrogens with zero attached hydrogens (tertiary/aromatic N) is 1. The van der Waals surface area contributed by atoms with Crippen molar-refractivity contribution in [3.8, 4) is 0 Å². The Balaban J connectivity index is 3.02. The van der Waals surface area contributed by atoms with E-state index >= 15 is 0 Å². The first-order valence-electron chi connectivity index (χ1n) is 3.30. The molecule has 12 heavy (non-hydrogen) atoms. The lowest BCUT2D eigenvalue weighted by molar-refractivity contribution is 0.277. The smallest absolute Gasteiger partial charge is 0.444 e. The van der Waals surface area contributed by atoms with Crippen LogP contribution in [0, 0.1) is 0 Å². The van der Waals surface area contributed by atoms with Gasteiger partial charge in [0.2, 0.25) is 0 Å². The summed E-state index contributed by atoms with van der Waals surface area (Å²) in [6, 6.07) is 3.45. The van der Waals surface area contributed by atoms with Crippen molar-refractivity contribution in [1.82, 2.24) is 4.98 Å². The van der Waals surface area contributed by atoms with E-state index in [4.69, 9.17) is 5.11 Å². The molecule has 1 heterocycles. The summed E-state index contributed by atoms with van der Waals surface area (Å²) in [6.45, 7) is -5.53. The first-order valence-corrected chi connectivity index (χ1v) is 3.30. The number of aliphatic hydroxyl groups is 1. The third-order valence-corrected chi connectivity index (χ3v) is 1.33. The third kappa shape index (κ3) is 1.98. The lowest BCUT2D eigenvalue weighted by atomic mass is 9.85. The van der Waals surface area contributed by atoms with E-state index in [0.717, 1.165) is 6.07 Å². The van der Waals surface area contributed by atoms with Crippen molar-refractivity contribution >= 4 is 12.6 Å². The topological polar surface area (TPSA) is 33.1 Å². The zero-order valence-corrected chi connectivity index (χ0v) is 6.04. The van der Waals surface area contributed by atoms with E-state index < -0.39 is 19.2 Å². The molecule has 0 saturated carbocycles. The predicted molar refractivity (Wildman–Crippen MR) is 38.9 cm³/mol. The number of hydrogen-bond donors (Lipinski definition) is 1. The van der Waals surface area contributed by atoms with Crippen molar-refractivity contribution in [3.05, 3.63) is 23.9 Å². The van der Waals surface area contributed by atoms with Gasteiger partial charge in [-0.25, -0.2) is 0 Å². The van der Waals surface area contributed by atoms with Gasteiger partial charge in [0.05, 0.1) is 12.3 Å². The highest BCUT2D eigenvalue weighted by Crippen LogP contribution is 2.07. The highest BCUT2D eigenvalue weighted by atomic mass is 19.4. The summed E-state index contributed by atoms with van der Waals surface area (Å²) >= 11 is 0. The molecule has 0 aliphatic heterocycles. The van der Waals surface area contributed by atoms with Crippen LogP contribution in [0.3, 0.4) is 0 Å². The lowest BCUT2D eigenvalue weighted by Crippen LogP contribution is -2.37. The van der Waals surface area contributed by atoms with Crippen LogP contribution in [0.5, 0.6) is 0 Å². The van der Waals surface area contributed by atoms with Gasteiger partial charge in [-0.3, -0.25) is 4.98 Å². The van der Waals surface area contributed by atoms with Gasteiger partial charge in [0, 0.05) is 0 Å². The average Bonchev–Trinajstić information content (AvgIpc) is 2.03. The van der Waals surface area contributed by atoms with Crippen molar-refractivity contribution in [2.45, 2.75) is 6.61 Å². The van der Waals surface area contributed by atoms with Crippen molar-refractivity contribution in [2.24, 2.45) is 0 Å². The van der Waals surface area contributed by atoms with Gasteiger partial charge >= 0.3 is 6.98 Å². The minimum Gasteiger partial charge on any atom is -0.444 e. The molecule has 0 aliphatic carbocycles. The van der Waals surface area contributed by atoms with Gasteiger partial charge in [0.1, 0.15) is 0 Å². The van der Waals surface area contributed by atoms with E-state index in [-0.39, 0.29) is 5.69 Å². The Morgan fingerprint density at radius 2 is 2.00 bits per heavy atom. The molecule has 2 nitrogen and oxygen atoms in total. The summed E-state index contributed by atoms with van der Waals surface area (Å²) in [5, 5.41) is 8.50. The molecule has 1 rings (SSSR count). The van der Waals surface area contributed by atoms with E-state index in [9.17, 15) is 12.9 Å². The molecule has 0 radical (unpaired) electrons. The molecule has 66 valence electrons. The van der Waals surface area contributed by atoms with Crippen molar-refractivity contribution in [1.29, 1.82) is 0 Å². The molecule has 1 aromatic heterocycles. The second-order valence-electron chi connectivity index (χ2n) is 2.29. The number of aromatic nitrogens is 1. The fourth-order valence-electron chi connectivity index (χ4n) is 0.768. The standard InChI is InChI=1S/C6H6BF3NO/c8-7(9,10)6-3-1-2-5(4-12)11-6/h1-3,12H,4H2/q-1. The summed E-state index contributed by atoms with van der Waals surface area (Å²) in [5.41, 5.74) is -0.881. The van der Waals surface area contributed by atoms with Gasteiger partial charge in [0.25, 0.3) is 0 Å². The SMILES string of the molecule is OCc1cccc([B-](F)(F)F)n1. The number of rotatable bonds is 2. The Morgan fingerprint density at radius 1 is 1.33 bits per heavy atom. The Labute approximate surface area is 67.1 Å². The molecule has 0 bridgehead atoms. The van der Waals surface area contributed by atoms with Gasteiger partial charge in [-0.1, -0.05) is 12.1 Å². The number of aliphatic hydroxyl groups excluding tert-OH is 1. The molecule has 0 unspecified atom stereocenters. The van der Waals surface area contributed by atoms with Crippen LogP contribution in [0.4, 0.5) is 12.9 Å². The third-order valence-electron chi connectivity index (χ3n) is 1.33. The molecule has 1 N–H and O–H groups in total. The summed E-state index contributed by atoms with van der Waals surface area (Å²) in [5.74, 6) is 0. The molecule has 0 amide bonds. The van der Waals surface area contributed by atoms with Crippen LogP contribution in [0.15, 0.2) is 18.2 Å². The fraction of sp³-hybridized carbons (Fsp3) is 0.167. The van der Waals surface area contributed by atoms with Gasteiger partial charge in [-0.2, -0.15) is 0 Å². The van der Waals surface area contributed by atoms with Gasteiger partial charge in [0.15, 0.2) is 0 Å². The number of pyridine rings is 1. The first-order chi connectivity index (χ1) is 5.54. The van der Waals surface area contributed by atoms with Crippen LogP contribution >= 0.6 is 0 Å². The Kier molecular flexibility index (Phi) is 2.37. The molecule has 1 aromatic rings. The van der Waals surface area contributed by atoms with E-state index in [1.807, 2.05) is 0 Å². The van der Waals surface area contributed by atoms with Crippen molar-refractivity contribution in [2.75, 3.05) is 0 Å². The monoisotopic (exact) mass is 176 g/mol. The average molecular weight is 176 g/mol. The lowest BCUT2D eigenvalue weighted by Gasteiger charge is -2.13. The van der Waals surface area contributed by atoms with Crippen LogP contribution < -0.4 is 5.59 Å². The minimum atomic E-state index is -5.05. The second kappa shape index (κ2) is 3.14. The molecule has 0 fully saturated rings. The molecule has 0 aromatic carbocycles. The van der Waals surface area contributed by atoms with E-state index in [2.05, 4.69) is 4.98 Å². The van der Waals surface area contributed by atoms with Crippen LogP contribution in [0.25, 0.3) is 0 Å². The normalized spacial score (nSPS) is 11.7. The van der Waals surface area contributed by atoms with Gasteiger partial charge in [-0.15, -0.1) is 0 Å².